The molecule has 0 saturated heterocycles. The average molecular weight is 266 g/mol. The van der Waals surface area contributed by atoms with Crippen LogP contribution in [-0.2, 0) is 11.3 Å². The van der Waals surface area contributed by atoms with Crippen LogP contribution >= 0.6 is 11.8 Å². The molecule has 0 atom stereocenters. The average Bonchev–Trinajstić information content (AvgIpc) is 2.26. The number of thioether (sulfide) groups is 1. The van der Waals surface area contributed by atoms with Gasteiger partial charge >= 0.3 is 0 Å². The Morgan fingerprint density at radius 3 is 2.50 bits per heavy atom. The molecular weight excluding hydrogens is 244 g/mol. The molecule has 100 valence electrons. The van der Waals surface area contributed by atoms with Gasteiger partial charge in [-0.25, -0.2) is 0 Å². The van der Waals surface area contributed by atoms with Crippen molar-refractivity contribution in [2.24, 2.45) is 5.73 Å². The lowest BCUT2D eigenvalue weighted by Crippen LogP contribution is -2.35. The number of carbonyl (C=O) groups is 1. The molecule has 0 fully saturated rings. The van der Waals surface area contributed by atoms with Crippen molar-refractivity contribution in [1.82, 2.24) is 5.32 Å². The first-order valence-electron chi connectivity index (χ1n) is 6.06. The van der Waals surface area contributed by atoms with E-state index in [4.69, 9.17) is 5.73 Å². The molecule has 1 amide bonds. The van der Waals surface area contributed by atoms with E-state index in [2.05, 4.69) is 5.32 Å². The molecule has 1 aromatic carbocycles. The standard InChI is InChI=1S/C14H22N2OS/c1-11-4-6-12(7-5-11)8-16-13(17)9-18-10-14(2,3)15/h4-7H,8-10,15H2,1-3H3,(H,16,17). The minimum atomic E-state index is -0.220. The summed E-state index contributed by atoms with van der Waals surface area (Å²) in [6.45, 7) is 6.56. The van der Waals surface area contributed by atoms with Crippen LogP contribution in [0.2, 0.25) is 0 Å². The first kappa shape index (κ1) is 15.1. The first-order chi connectivity index (χ1) is 8.37. The predicted molar refractivity (Wildman–Crippen MR) is 78.6 cm³/mol. The highest BCUT2D eigenvalue weighted by Crippen LogP contribution is 2.09. The van der Waals surface area contributed by atoms with E-state index < -0.39 is 0 Å². The summed E-state index contributed by atoms with van der Waals surface area (Å²) < 4.78 is 0. The van der Waals surface area contributed by atoms with Gasteiger partial charge in [-0.3, -0.25) is 4.79 Å². The Morgan fingerprint density at radius 2 is 1.94 bits per heavy atom. The second-order valence-corrected chi connectivity index (χ2v) is 6.23. The third-order valence-electron chi connectivity index (χ3n) is 2.32. The summed E-state index contributed by atoms with van der Waals surface area (Å²) in [5.74, 6) is 1.31. The normalized spacial score (nSPS) is 11.3. The van der Waals surface area contributed by atoms with Crippen molar-refractivity contribution in [3.05, 3.63) is 35.4 Å². The summed E-state index contributed by atoms with van der Waals surface area (Å²) in [5, 5.41) is 2.90. The van der Waals surface area contributed by atoms with Gasteiger partial charge in [-0.05, 0) is 26.3 Å². The van der Waals surface area contributed by atoms with Crippen LogP contribution in [0.4, 0.5) is 0 Å². The van der Waals surface area contributed by atoms with Crippen LogP contribution in [0.15, 0.2) is 24.3 Å². The molecule has 0 aliphatic rings. The summed E-state index contributed by atoms with van der Waals surface area (Å²) in [6.07, 6.45) is 0. The van der Waals surface area contributed by atoms with Gasteiger partial charge in [0.25, 0.3) is 0 Å². The smallest absolute Gasteiger partial charge is 0.230 e. The zero-order valence-electron chi connectivity index (χ0n) is 11.3. The molecule has 1 aromatic rings. The number of benzene rings is 1. The number of carbonyl (C=O) groups excluding carboxylic acids is 1. The summed E-state index contributed by atoms with van der Waals surface area (Å²) >= 11 is 1.57. The number of aryl methyl sites for hydroxylation is 1. The van der Waals surface area contributed by atoms with E-state index in [9.17, 15) is 4.79 Å². The molecule has 1 rings (SSSR count). The van der Waals surface area contributed by atoms with Gasteiger partial charge in [-0.2, -0.15) is 11.8 Å². The van der Waals surface area contributed by atoms with E-state index in [-0.39, 0.29) is 11.4 Å². The van der Waals surface area contributed by atoms with E-state index in [0.717, 1.165) is 11.3 Å². The number of hydrogen-bond acceptors (Lipinski definition) is 3. The first-order valence-corrected chi connectivity index (χ1v) is 7.21. The fourth-order valence-corrected chi connectivity index (χ4v) is 2.28. The quantitative estimate of drug-likeness (QED) is 0.829. The molecule has 0 aromatic heterocycles. The highest BCUT2D eigenvalue weighted by atomic mass is 32.2. The van der Waals surface area contributed by atoms with Gasteiger partial charge in [0.2, 0.25) is 5.91 Å². The molecule has 0 saturated carbocycles. The van der Waals surface area contributed by atoms with Crippen molar-refractivity contribution in [3.63, 3.8) is 0 Å². The number of nitrogens with one attached hydrogen (secondary N) is 1. The highest BCUT2D eigenvalue weighted by molar-refractivity contribution is 8.00. The molecular formula is C14H22N2OS. The highest BCUT2D eigenvalue weighted by Gasteiger charge is 2.11. The molecule has 18 heavy (non-hydrogen) atoms. The molecule has 3 N–H and O–H groups in total. The number of nitrogens with two attached hydrogens (primary N) is 1. The fourth-order valence-electron chi connectivity index (χ4n) is 1.36. The van der Waals surface area contributed by atoms with Crippen LogP contribution in [-0.4, -0.2) is 23.0 Å². The minimum Gasteiger partial charge on any atom is -0.351 e. The SMILES string of the molecule is Cc1ccc(CNC(=O)CSCC(C)(C)N)cc1. The number of amides is 1. The minimum absolute atomic E-state index is 0.0600. The van der Waals surface area contributed by atoms with Crippen LogP contribution in [0.5, 0.6) is 0 Å². The van der Waals surface area contributed by atoms with Crippen molar-refractivity contribution in [2.45, 2.75) is 32.9 Å². The van der Waals surface area contributed by atoms with Crippen LogP contribution in [0.25, 0.3) is 0 Å². The summed E-state index contributed by atoms with van der Waals surface area (Å²) in [5.41, 5.74) is 7.98. The van der Waals surface area contributed by atoms with Crippen molar-refractivity contribution in [3.8, 4) is 0 Å². The summed E-state index contributed by atoms with van der Waals surface area (Å²) in [7, 11) is 0. The fraction of sp³-hybridized carbons (Fsp3) is 0.500. The molecule has 0 aliphatic carbocycles. The Hall–Kier alpha value is -1.00. The van der Waals surface area contributed by atoms with Crippen molar-refractivity contribution in [2.75, 3.05) is 11.5 Å². The number of rotatable bonds is 6. The largest absolute Gasteiger partial charge is 0.351 e. The maximum Gasteiger partial charge on any atom is 0.230 e. The molecule has 0 heterocycles. The van der Waals surface area contributed by atoms with Crippen LogP contribution in [0, 0.1) is 6.92 Å². The van der Waals surface area contributed by atoms with Gasteiger partial charge in [0.15, 0.2) is 0 Å². The Labute approximate surface area is 114 Å². The molecule has 0 bridgehead atoms. The van der Waals surface area contributed by atoms with Gasteiger partial charge in [0.1, 0.15) is 0 Å². The Kier molecular flexibility index (Phi) is 5.69. The van der Waals surface area contributed by atoms with E-state index in [1.807, 2.05) is 45.0 Å². The Bertz CT molecular complexity index is 382. The topological polar surface area (TPSA) is 55.1 Å². The van der Waals surface area contributed by atoms with Crippen LogP contribution in [0.1, 0.15) is 25.0 Å². The Balaban J connectivity index is 2.23. The second-order valence-electron chi connectivity index (χ2n) is 5.24. The van der Waals surface area contributed by atoms with E-state index in [1.54, 1.807) is 11.8 Å². The maximum atomic E-state index is 11.6. The van der Waals surface area contributed by atoms with Gasteiger partial charge in [-0.15, -0.1) is 0 Å². The van der Waals surface area contributed by atoms with Gasteiger partial charge in [0.05, 0.1) is 5.75 Å². The molecule has 0 aliphatic heterocycles. The number of hydrogen-bond donors (Lipinski definition) is 2. The Morgan fingerprint density at radius 1 is 1.33 bits per heavy atom. The molecule has 3 nitrogen and oxygen atoms in total. The zero-order valence-corrected chi connectivity index (χ0v) is 12.1. The third kappa shape index (κ3) is 6.67. The summed E-state index contributed by atoms with van der Waals surface area (Å²) in [6, 6.07) is 8.16. The second kappa shape index (κ2) is 6.81. The maximum absolute atomic E-state index is 11.6. The van der Waals surface area contributed by atoms with Gasteiger partial charge in [-0.1, -0.05) is 29.8 Å². The van der Waals surface area contributed by atoms with Crippen molar-refractivity contribution in [1.29, 1.82) is 0 Å². The van der Waals surface area contributed by atoms with Crippen LogP contribution < -0.4 is 11.1 Å². The lowest BCUT2D eigenvalue weighted by atomic mass is 10.1. The third-order valence-corrected chi connectivity index (χ3v) is 3.73. The molecule has 0 spiro atoms. The van der Waals surface area contributed by atoms with Crippen molar-refractivity contribution < 1.29 is 4.79 Å². The summed E-state index contributed by atoms with van der Waals surface area (Å²) in [4.78, 5) is 11.6. The molecule has 0 radical (unpaired) electrons. The van der Waals surface area contributed by atoms with E-state index in [0.29, 0.717) is 12.3 Å². The monoisotopic (exact) mass is 266 g/mol. The predicted octanol–water partition coefficient (Wildman–Crippen LogP) is 2.08. The lowest BCUT2D eigenvalue weighted by molar-refractivity contribution is -0.118. The van der Waals surface area contributed by atoms with E-state index in [1.165, 1.54) is 5.56 Å². The van der Waals surface area contributed by atoms with Gasteiger partial charge < -0.3 is 11.1 Å². The molecule has 4 heteroatoms. The van der Waals surface area contributed by atoms with Crippen LogP contribution in [0.3, 0.4) is 0 Å². The van der Waals surface area contributed by atoms with E-state index >= 15 is 0 Å². The zero-order chi connectivity index (χ0) is 13.6. The van der Waals surface area contributed by atoms with Crippen molar-refractivity contribution >= 4 is 17.7 Å². The van der Waals surface area contributed by atoms with Gasteiger partial charge in [0, 0.05) is 17.8 Å². The molecule has 0 unspecified atom stereocenters. The lowest BCUT2D eigenvalue weighted by Gasteiger charge is -2.17.